The van der Waals surface area contributed by atoms with Gasteiger partial charge in [-0.2, -0.15) is 0 Å². The average molecular weight is 234 g/mol. The maximum absolute atomic E-state index is 11.3. The van der Waals surface area contributed by atoms with Crippen molar-refractivity contribution in [1.29, 1.82) is 0 Å². The number of carbonyl (C=O) groups is 1. The fourth-order valence-electron chi connectivity index (χ4n) is 1.60. The molecule has 0 heterocycles. The molecular weight excluding hydrogens is 216 g/mol. The van der Waals surface area contributed by atoms with E-state index in [0.29, 0.717) is 6.04 Å². The minimum atomic E-state index is -0.155. The van der Waals surface area contributed by atoms with E-state index < -0.39 is 0 Å². The summed E-state index contributed by atoms with van der Waals surface area (Å²) in [6.07, 6.45) is 2.18. The smallest absolute Gasteiger partial charge is 0.317 e. The van der Waals surface area contributed by atoms with E-state index in [4.69, 9.17) is 4.74 Å². The molecule has 1 aliphatic rings. The summed E-state index contributed by atoms with van der Waals surface area (Å²) >= 11 is 0. The van der Waals surface area contributed by atoms with Gasteiger partial charge in [-0.1, -0.05) is 17.7 Å². The topological polar surface area (TPSA) is 50.4 Å². The zero-order valence-electron chi connectivity index (χ0n) is 10.2. The van der Waals surface area contributed by atoms with E-state index in [0.717, 1.165) is 24.2 Å². The van der Waals surface area contributed by atoms with Crippen LogP contribution in [0.15, 0.2) is 18.2 Å². The number of carbonyl (C=O) groups excluding carboxylic acids is 1. The van der Waals surface area contributed by atoms with Crippen molar-refractivity contribution in [2.45, 2.75) is 32.7 Å². The highest BCUT2D eigenvalue weighted by atomic mass is 16.5. The van der Waals surface area contributed by atoms with Crippen LogP contribution < -0.4 is 15.4 Å². The molecule has 92 valence electrons. The molecular formula is C13H18N2O2. The average Bonchev–Trinajstić information content (AvgIpc) is 3.05. The molecule has 17 heavy (non-hydrogen) atoms. The van der Waals surface area contributed by atoms with Crippen molar-refractivity contribution in [3.05, 3.63) is 29.3 Å². The Bertz CT molecular complexity index is 414. The molecule has 2 rings (SSSR count). The third-order valence-corrected chi connectivity index (χ3v) is 2.70. The summed E-state index contributed by atoms with van der Waals surface area (Å²) in [6.45, 7) is 4.23. The maximum atomic E-state index is 11.3. The van der Waals surface area contributed by atoms with Gasteiger partial charge in [0.15, 0.2) is 6.73 Å². The van der Waals surface area contributed by atoms with Crippen LogP contribution in [0, 0.1) is 13.8 Å². The Morgan fingerprint density at radius 1 is 1.41 bits per heavy atom. The van der Waals surface area contributed by atoms with Gasteiger partial charge < -0.3 is 15.4 Å². The van der Waals surface area contributed by atoms with Crippen LogP contribution in [0.5, 0.6) is 5.75 Å². The Balaban J connectivity index is 1.75. The van der Waals surface area contributed by atoms with Gasteiger partial charge in [0.2, 0.25) is 0 Å². The SMILES string of the molecule is Cc1ccc(OCNC(=O)NC2CC2)c(C)c1. The molecule has 0 unspecified atom stereocenters. The first-order valence-electron chi connectivity index (χ1n) is 5.89. The summed E-state index contributed by atoms with van der Waals surface area (Å²) in [4.78, 5) is 11.3. The molecule has 4 heteroatoms. The molecule has 0 saturated heterocycles. The first kappa shape index (κ1) is 11.8. The lowest BCUT2D eigenvalue weighted by atomic mass is 10.1. The van der Waals surface area contributed by atoms with E-state index in [9.17, 15) is 4.79 Å². The summed E-state index contributed by atoms with van der Waals surface area (Å²) < 4.78 is 5.49. The molecule has 1 fully saturated rings. The lowest BCUT2D eigenvalue weighted by Crippen LogP contribution is -2.38. The quantitative estimate of drug-likeness (QED) is 0.784. The van der Waals surface area contributed by atoms with E-state index in [1.165, 1.54) is 5.56 Å². The fourth-order valence-corrected chi connectivity index (χ4v) is 1.60. The van der Waals surface area contributed by atoms with Crippen LogP contribution in [0.25, 0.3) is 0 Å². The molecule has 1 aliphatic carbocycles. The molecule has 1 aromatic rings. The summed E-state index contributed by atoms with van der Waals surface area (Å²) in [5.41, 5.74) is 2.28. The molecule has 0 spiro atoms. The third kappa shape index (κ3) is 3.66. The predicted octanol–water partition coefficient (Wildman–Crippen LogP) is 2.10. The van der Waals surface area contributed by atoms with Gasteiger partial charge in [-0.25, -0.2) is 4.79 Å². The van der Waals surface area contributed by atoms with Gasteiger partial charge in [0.25, 0.3) is 0 Å². The van der Waals surface area contributed by atoms with Crippen LogP contribution in [-0.2, 0) is 0 Å². The number of aryl methyl sites for hydroxylation is 2. The van der Waals surface area contributed by atoms with Gasteiger partial charge in [0.05, 0.1) is 0 Å². The molecule has 0 radical (unpaired) electrons. The number of hydrogen-bond acceptors (Lipinski definition) is 2. The highest BCUT2D eigenvalue weighted by molar-refractivity contribution is 5.74. The van der Waals surface area contributed by atoms with E-state index in [1.54, 1.807) is 0 Å². The summed E-state index contributed by atoms with van der Waals surface area (Å²) in [5, 5.41) is 5.51. The molecule has 4 nitrogen and oxygen atoms in total. The van der Waals surface area contributed by atoms with E-state index in [1.807, 2.05) is 26.0 Å². The van der Waals surface area contributed by atoms with Crippen molar-refractivity contribution in [2.24, 2.45) is 0 Å². The molecule has 0 aliphatic heterocycles. The second-order valence-electron chi connectivity index (χ2n) is 4.48. The molecule has 2 N–H and O–H groups in total. The second kappa shape index (κ2) is 5.08. The van der Waals surface area contributed by atoms with Crippen LogP contribution in [0.3, 0.4) is 0 Å². The first-order chi connectivity index (χ1) is 8.15. The monoisotopic (exact) mass is 234 g/mol. The minimum absolute atomic E-state index is 0.155. The zero-order chi connectivity index (χ0) is 12.3. The largest absolute Gasteiger partial charge is 0.473 e. The molecule has 1 saturated carbocycles. The summed E-state index contributed by atoms with van der Waals surface area (Å²) in [7, 11) is 0. The van der Waals surface area contributed by atoms with Crippen molar-refractivity contribution in [2.75, 3.05) is 6.73 Å². The molecule has 1 aromatic carbocycles. The fraction of sp³-hybridized carbons (Fsp3) is 0.462. The van der Waals surface area contributed by atoms with Crippen LogP contribution in [0.1, 0.15) is 24.0 Å². The molecule has 0 atom stereocenters. The van der Waals surface area contributed by atoms with E-state index in [-0.39, 0.29) is 12.8 Å². The lowest BCUT2D eigenvalue weighted by Gasteiger charge is -2.11. The number of ether oxygens (including phenoxy) is 1. The standard InChI is InChI=1S/C13H18N2O2/c1-9-3-6-12(10(2)7-9)17-8-14-13(16)15-11-4-5-11/h3,6-7,11H,4-5,8H2,1-2H3,(H2,14,15,16). The highest BCUT2D eigenvalue weighted by Crippen LogP contribution is 2.19. The molecule has 0 aromatic heterocycles. The van der Waals surface area contributed by atoms with E-state index >= 15 is 0 Å². The predicted molar refractivity (Wildman–Crippen MR) is 66.1 cm³/mol. The molecule has 0 bridgehead atoms. The summed E-state index contributed by atoms with van der Waals surface area (Å²) in [5.74, 6) is 0.808. The Labute approximate surface area is 101 Å². The number of rotatable bonds is 4. The minimum Gasteiger partial charge on any atom is -0.473 e. The van der Waals surface area contributed by atoms with Crippen molar-refractivity contribution < 1.29 is 9.53 Å². The van der Waals surface area contributed by atoms with Crippen molar-refractivity contribution in [3.8, 4) is 5.75 Å². The van der Waals surface area contributed by atoms with Gasteiger partial charge in [0, 0.05) is 6.04 Å². The third-order valence-electron chi connectivity index (χ3n) is 2.70. The van der Waals surface area contributed by atoms with Crippen LogP contribution in [0.2, 0.25) is 0 Å². The maximum Gasteiger partial charge on any atom is 0.317 e. The van der Waals surface area contributed by atoms with Crippen molar-refractivity contribution >= 4 is 6.03 Å². The van der Waals surface area contributed by atoms with Crippen LogP contribution in [0.4, 0.5) is 4.79 Å². The normalized spacial score (nSPS) is 14.2. The van der Waals surface area contributed by atoms with Gasteiger partial charge in [-0.15, -0.1) is 0 Å². The first-order valence-corrected chi connectivity index (χ1v) is 5.89. The Morgan fingerprint density at radius 3 is 2.82 bits per heavy atom. The van der Waals surface area contributed by atoms with E-state index in [2.05, 4.69) is 16.7 Å². The second-order valence-corrected chi connectivity index (χ2v) is 4.48. The highest BCUT2D eigenvalue weighted by Gasteiger charge is 2.22. The lowest BCUT2D eigenvalue weighted by molar-refractivity contribution is 0.223. The van der Waals surface area contributed by atoms with Crippen LogP contribution >= 0.6 is 0 Å². The van der Waals surface area contributed by atoms with Gasteiger partial charge >= 0.3 is 6.03 Å². The number of amides is 2. The number of nitrogens with one attached hydrogen (secondary N) is 2. The Hall–Kier alpha value is -1.71. The van der Waals surface area contributed by atoms with Gasteiger partial charge in [-0.05, 0) is 38.3 Å². The molecule has 2 amide bonds. The Kier molecular flexibility index (Phi) is 3.52. The Morgan fingerprint density at radius 2 is 2.18 bits per heavy atom. The van der Waals surface area contributed by atoms with Gasteiger partial charge in [-0.3, -0.25) is 0 Å². The number of benzene rings is 1. The number of hydrogen-bond donors (Lipinski definition) is 2. The zero-order valence-corrected chi connectivity index (χ0v) is 10.2. The van der Waals surface area contributed by atoms with Crippen LogP contribution in [-0.4, -0.2) is 18.8 Å². The van der Waals surface area contributed by atoms with Crippen molar-refractivity contribution in [1.82, 2.24) is 10.6 Å². The summed E-state index contributed by atoms with van der Waals surface area (Å²) in [6, 6.07) is 6.19. The van der Waals surface area contributed by atoms with Crippen molar-refractivity contribution in [3.63, 3.8) is 0 Å². The number of urea groups is 1. The van der Waals surface area contributed by atoms with Gasteiger partial charge in [0.1, 0.15) is 5.75 Å².